The quantitative estimate of drug-likeness (QED) is 0.929. The van der Waals surface area contributed by atoms with Crippen molar-refractivity contribution in [2.75, 3.05) is 14.2 Å². The van der Waals surface area contributed by atoms with Gasteiger partial charge in [0.25, 0.3) is 0 Å². The molecular weight excluding hydrogens is 264 g/mol. The molecule has 0 aliphatic heterocycles. The maximum Gasteiger partial charge on any atom is 0.242 e. The van der Waals surface area contributed by atoms with Gasteiger partial charge in [0.1, 0.15) is 11.3 Å². The molecule has 0 saturated heterocycles. The molecule has 5 nitrogen and oxygen atoms in total. The molecule has 6 heteroatoms. The van der Waals surface area contributed by atoms with Crippen molar-refractivity contribution in [3.8, 4) is 11.8 Å². The second-order valence-corrected chi connectivity index (χ2v) is 5.54. The molecule has 2 heterocycles. The predicted molar refractivity (Wildman–Crippen MR) is 72.9 cm³/mol. The highest BCUT2D eigenvalue weighted by atomic mass is 32.1. The Bertz CT molecular complexity index is 581. The van der Waals surface area contributed by atoms with E-state index in [0.29, 0.717) is 11.6 Å². The van der Waals surface area contributed by atoms with Crippen molar-refractivity contribution in [2.45, 2.75) is 19.4 Å². The smallest absolute Gasteiger partial charge is 0.242 e. The van der Waals surface area contributed by atoms with Crippen LogP contribution in [-0.2, 0) is 5.60 Å². The first kappa shape index (κ1) is 13.8. The third-order valence-corrected chi connectivity index (χ3v) is 4.01. The van der Waals surface area contributed by atoms with E-state index in [2.05, 4.69) is 9.97 Å². The van der Waals surface area contributed by atoms with Gasteiger partial charge in [-0.2, -0.15) is 4.98 Å². The third kappa shape index (κ3) is 2.54. The zero-order valence-corrected chi connectivity index (χ0v) is 12.1. The van der Waals surface area contributed by atoms with Crippen LogP contribution >= 0.6 is 11.3 Å². The van der Waals surface area contributed by atoms with Gasteiger partial charge in [0, 0.05) is 9.75 Å². The molecular formula is C13H16N2O3S. The molecule has 1 unspecified atom stereocenters. The van der Waals surface area contributed by atoms with Gasteiger partial charge >= 0.3 is 0 Å². The number of methoxy groups -OCH3 is 2. The molecule has 0 amide bonds. The Labute approximate surface area is 115 Å². The van der Waals surface area contributed by atoms with Gasteiger partial charge in [-0.1, -0.05) is 0 Å². The van der Waals surface area contributed by atoms with Crippen molar-refractivity contribution in [3.63, 3.8) is 0 Å². The number of aryl methyl sites for hydroxylation is 1. The van der Waals surface area contributed by atoms with Gasteiger partial charge in [-0.15, -0.1) is 11.3 Å². The van der Waals surface area contributed by atoms with Gasteiger partial charge in [-0.3, -0.25) is 0 Å². The summed E-state index contributed by atoms with van der Waals surface area (Å²) in [6.07, 6.45) is 1.47. The van der Waals surface area contributed by atoms with Gasteiger partial charge < -0.3 is 14.6 Å². The van der Waals surface area contributed by atoms with Crippen LogP contribution in [0.3, 0.4) is 0 Å². The fourth-order valence-corrected chi connectivity index (χ4v) is 2.66. The summed E-state index contributed by atoms with van der Waals surface area (Å²) in [5.41, 5.74) is -0.874. The average Bonchev–Trinajstić information content (AvgIpc) is 2.85. The Morgan fingerprint density at radius 3 is 2.53 bits per heavy atom. The summed E-state index contributed by atoms with van der Waals surface area (Å²) in [6.45, 7) is 3.67. The molecule has 0 fully saturated rings. The van der Waals surface area contributed by atoms with E-state index in [4.69, 9.17) is 9.47 Å². The van der Waals surface area contributed by atoms with Gasteiger partial charge in [0.2, 0.25) is 11.8 Å². The molecule has 2 aromatic rings. The number of nitrogens with zero attached hydrogens (tertiary/aromatic N) is 2. The lowest BCUT2D eigenvalue weighted by molar-refractivity contribution is 0.0965. The van der Waals surface area contributed by atoms with Gasteiger partial charge in [0.15, 0.2) is 0 Å². The predicted octanol–water partition coefficient (Wildman–Crippen LogP) is 2.12. The first-order chi connectivity index (χ1) is 8.98. The highest BCUT2D eigenvalue weighted by molar-refractivity contribution is 7.12. The normalized spacial score (nSPS) is 13.9. The molecule has 2 aromatic heterocycles. The summed E-state index contributed by atoms with van der Waals surface area (Å²) in [7, 11) is 2.99. The first-order valence-corrected chi connectivity index (χ1v) is 6.55. The van der Waals surface area contributed by atoms with E-state index in [1.54, 1.807) is 6.92 Å². The summed E-state index contributed by atoms with van der Waals surface area (Å²) in [5.74, 6) is 0.606. The second kappa shape index (κ2) is 5.14. The Kier molecular flexibility index (Phi) is 3.73. The van der Waals surface area contributed by atoms with Crippen LogP contribution in [0.1, 0.15) is 22.4 Å². The Morgan fingerprint density at radius 2 is 2.00 bits per heavy atom. The monoisotopic (exact) mass is 280 g/mol. The molecule has 0 aliphatic carbocycles. The standard InChI is InChI=1S/C13H16N2O3S/c1-8-5-6-9(19-8)13(2,16)11-12(18-4)15-10(17-3)7-14-11/h5-7,16H,1-4H3. The molecule has 0 radical (unpaired) electrons. The zero-order valence-electron chi connectivity index (χ0n) is 11.3. The van der Waals surface area contributed by atoms with E-state index >= 15 is 0 Å². The van der Waals surface area contributed by atoms with Crippen molar-refractivity contribution < 1.29 is 14.6 Å². The van der Waals surface area contributed by atoms with Crippen molar-refractivity contribution >= 4 is 11.3 Å². The van der Waals surface area contributed by atoms with Crippen LogP contribution in [0.5, 0.6) is 11.8 Å². The van der Waals surface area contributed by atoms with E-state index in [1.807, 2.05) is 19.1 Å². The number of aliphatic hydroxyl groups is 1. The van der Waals surface area contributed by atoms with Crippen molar-refractivity contribution in [3.05, 3.63) is 33.8 Å². The minimum atomic E-state index is -1.25. The van der Waals surface area contributed by atoms with Crippen LogP contribution < -0.4 is 9.47 Å². The molecule has 0 bridgehead atoms. The number of aromatic nitrogens is 2. The van der Waals surface area contributed by atoms with Gasteiger partial charge in [-0.25, -0.2) is 4.98 Å². The number of ether oxygens (including phenoxy) is 2. The lowest BCUT2D eigenvalue weighted by atomic mass is 10.0. The minimum Gasteiger partial charge on any atom is -0.480 e. The maximum absolute atomic E-state index is 10.7. The van der Waals surface area contributed by atoms with Crippen LogP contribution in [0, 0.1) is 6.92 Å². The van der Waals surface area contributed by atoms with Crippen LogP contribution in [0.15, 0.2) is 18.3 Å². The Hall–Kier alpha value is -1.66. The van der Waals surface area contributed by atoms with Gasteiger partial charge in [0.05, 0.1) is 20.4 Å². The third-order valence-electron chi connectivity index (χ3n) is 2.80. The molecule has 102 valence electrons. The molecule has 0 spiro atoms. The summed E-state index contributed by atoms with van der Waals surface area (Å²) in [4.78, 5) is 10.3. The number of rotatable bonds is 4. The summed E-state index contributed by atoms with van der Waals surface area (Å²) < 4.78 is 10.2. The van der Waals surface area contributed by atoms with Crippen molar-refractivity contribution in [1.82, 2.24) is 9.97 Å². The molecule has 1 atom stereocenters. The van der Waals surface area contributed by atoms with E-state index in [9.17, 15) is 5.11 Å². The van der Waals surface area contributed by atoms with E-state index in [1.165, 1.54) is 31.8 Å². The van der Waals surface area contributed by atoms with Crippen LogP contribution in [0.4, 0.5) is 0 Å². The minimum absolute atomic E-state index is 0.260. The highest BCUT2D eigenvalue weighted by Gasteiger charge is 2.33. The highest BCUT2D eigenvalue weighted by Crippen LogP contribution is 2.36. The average molecular weight is 280 g/mol. The zero-order chi connectivity index (χ0) is 14.0. The second-order valence-electron chi connectivity index (χ2n) is 4.25. The molecule has 2 rings (SSSR count). The number of hydrogen-bond donors (Lipinski definition) is 1. The number of thiophene rings is 1. The molecule has 19 heavy (non-hydrogen) atoms. The van der Waals surface area contributed by atoms with E-state index < -0.39 is 5.60 Å². The van der Waals surface area contributed by atoms with Crippen molar-refractivity contribution in [1.29, 1.82) is 0 Å². The topological polar surface area (TPSA) is 64.5 Å². The van der Waals surface area contributed by atoms with Crippen molar-refractivity contribution in [2.24, 2.45) is 0 Å². The molecule has 1 N–H and O–H groups in total. The Morgan fingerprint density at radius 1 is 1.26 bits per heavy atom. The fraction of sp³-hybridized carbons (Fsp3) is 0.385. The molecule has 0 saturated carbocycles. The lowest BCUT2D eigenvalue weighted by Gasteiger charge is -2.22. The van der Waals surface area contributed by atoms with Gasteiger partial charge in [-0.05, 0) is 26.0 Å². The SMILES string of the molecule is COc1cnc(C(C)(O)c2ccc(C)s2)c(OC)n1. The maximum atomic E-state index is 10.7. The van der Waals surface area contributed by atoms with Crippen LogP contribution in [-0.4, -0.2) is 29.3 Å². The van der Waals surface area contributed by atoms with Crippen LogP contribution in [0.25, 0.3) is 0 Å². The van der Waals surface area contributed by atoms with E-state index in [-0.39, 0.29) is 5.88 Å². The first-order valence-electron chi connectivity index (χ1n) is 5.73. The summed E-state index contributed by atoms with van der Waals surface area (Å²) in [6, 6.07) is 3.84. The largest absolute Gasteiger partial charge is 0.480 e. The molecule has 0 aliphatic rings. The number of hydrogen-bond acceptors (Lipinski definition) is 6. The van der Waals surface area contributed by atoms with E-state index in [0.717, 1.165) is 9.75 Å². The summed E-state index contributed by atoms with van der Waals surface area (Å²) in [5, 5.41) is 10.7. The lowest BCUT2D eigenvalue weighted by Crippen LogP contribution is -2.24. The Balaban J connectivity index is 2.50. The fourth-order valence-electron chi connectivity index (χ4n) is 1.74. The van der Waals surface area contributed by atoms with Crippen LogP contribution in [0.2, 0.25) is 0 Å². The molecule has 0 aromatic carbocycles. The summed E-state index contributed by atoms with van der Waals surface area (Å²) >= 11 is 1.51.